The maximum absolute atomic E-state index is 11.4. The largest absolute Gasteiger partial charge is 0.459 e. The smallest absolute Gasteiger partial charge is 0.396 e. The lowest BCUT2D eigenvalue weighted by molar-refractivity contribution is -0.154. The molecule has 16 heavy (non-hydrogen) atoms. The highest BCUT2D eigenvalue weighted by Crippen LogP contribution is 2.11. The van der Waals surface area contributed by atoms with Crippen molar-refractivity contribution >= 4 is 11.9 Å². The lowest BCUT2D eigenvalue weighted by atomic mass is 10.1. The molecule has 0 saturated carbocycles. The van der Waals surface area contributed by atoms with E-state index in [2.05, 4.69) is 25.5 Å². The van der Waals surface area contributed by atoms with Crippen molar-refractivity contribution in [3.8, 4) is 0 Å². The Balaban J connectivity index is 2.57. The summed E-state index contributed by atoms with van der Waals surface area (Å²) in [5.41, 5.74) is 0.583. The minimum Gasteiger partial charge on any atom is -0.459 e. The van der Waals surface area contributed by atoms with Gasteiger partial charge < -0.3 is 10.1 Å². The minimum absolute atomic E-state index is 0.174. The van der Waals surface area contributed by atoms with Crippen molar-refractivity contribution in [3.63, 3.8) is 0 Å². The van der Waals surface area contributed by atoms with Gasteiger partial charge in [-0.2, -0.15) is 15.4 Å². The van der Waals surface area contributed by atoms with Gasteiger partial charge in [0.05, 0.1) is 18.8 Å². The molecule has 1 atom stereocenters. The molecule has 2 N–H and O–H groups in total. The second kappa shape index (κ2) is 5.84. The predicted molar refractivity (Wildman–Crippen MR) is 54.2 cm³/mol. The molecule has 88 valence electrons. The van der Waals surface area contributed by atoms with Gasteiger partial charge in [-0.05, 0) is 13.3 Å². The maximum Gasteiger partial charge on any atom is 0.396 e. The average molecular weight is 226 g/mol. The fourth-order valence-electron chi connectivity index (χ4n) is 1.18. The third-order valence-electron chi connectivity index (χ3n) is 1.97. The summed E-state index contributed by atoms with van der Waals surface area (Å²) in [4.78, 5) is 22.4. The highest BCUT2D eigenvalue weighted by atomic mass is 16.5. The molecule has 7 nitrogen and oxygen atoms in total. The summed E-state index contributed by atoms with van der Waals surface area (Å²) >= 11 is 0. The van der Waals surface area contributed by atoms with Crippen LogP contribution in [0.25, 0.3) is 0 Å². The first kappa shape index (κ1) is 12.2. The van der Waals surface area contributed by atoms with Gasteiger partial charge >= 0.3 is 11.9 Å². The van der Waals surface area contributed by atoms with E-state index in [0.717, 1.165) is 0 Å². The van der Waals surface area contributed by atoms with E-state index in [9.17, 15) is 9.59 Å². The van der Waals surface area contributed by atoms with Crippen LogP contribution < -0.4 is 5.32 Å². The molecular formula is C9H14N4O3. The molecule has 1 heterocycles. The normalized spacial score (nSPS) is 11.9. The van der Waals surface area contributed by atoms with Crippen LogP contribution in [0.2, 0.25) is 0 Å². The van der Waals surface area contributed by atoms with E-state index >= 15 is 0 Å². The standard InChI is InChI=1S/C9H14N4O3/c1-3-6(7-5-10-13-12-7)11-8(14)9(15)16-4-2/h5-6H,3-4H2,1-2H3,(H,11,14)(H,10,12,13). The van der Waals surface area contributed by atoms with E-state index in [-0.39, 0.29) is 12.6 Å². The molecule has 7 heteroatoms. The summed E-state index contributed by atoms with van der Waals surface area (Å²) in [6, 6.07) is -0.337. The summed E-state index contributed by atoms with van der Waals surface area (Å²) < 4.78 is 4.57. The van der Waals surface area contributed by atoms with Crippen molar-refractivity contribution < 1.29 is 14.3 Å². The molecule has 1 unspecified atom stereocenters. The van der Waals surface area contributed by atoms with Gasteiger partial charge in [0.15, 0.2) is 0 Å². The number of ether oxygens (including phenoxy) is 1. The third-order valence-corrected chi connectivity index (χ3v) is 1.97. The summed E-state index contributed by atoms with van der Waals surface area (Å²) in [6.07, 6.45) is 2.11. The van der Waals surface area contributed by atoms with Crippen molar-refractivity contribution in [2.75, 3.05) is 6.61 Å². The molecule has 0 fully saturated rings. The number of esters is 1. The molecule has 0 saturated heterocycles. The molecule has 1 aromatic heterocycles. The highest BCUT2D eigenvalue weighted by molar-refractivity contribution is 6.32. The lowest BCUT2D eigenvalue weighted by Gasteiger charge is -2.12. The summed E-state index contributed by atoms with van der Waals surface area (Å²) in [6.45, 7) is 3.68. The number of amides is 1. The Bertz CT molecular complexity index is 350. The number of carbonyl (C=O) groups excluding carboxylic acids is 2. The summed E-state index contributed by atoms with van der Waals surface area (Å²) in [5.74, 6) is -1.65. The Morgan fingerprint density at radius 2 is 2.31 bits per heavy atom. The van der Waals surface area contributed by atoms with Crippen LogP contribution in [0.1, 0.15) is 32.0 Å². The van der Waals surface area contributed by atoms with Crippen molar-refractivity contribution in [1.82, 2.24) is 20.7 Å². The van der Waals surface area contributed by atoms with Crippen LogP contribution in [-0.4, -0.2) is 33.9 Å². The van der Waals surface area contributed by atoms with Crippen LogP contribution >= 0.6 is 0 Å². The van der Waals surface area contributed by atoms with E-state index in [4.69, 9.17) is 0 Å². The van der Waals surface area contributed by atoms with Crippen molar-refractivity contribution in [3.05, 3.63) is 11.9 Å². The van der Waals surface area contributed by atoms with Crippen LogP contribution in [0.5, 0.6) is 0 Å². The number of nitrogens with one attached hydrogen (secondary N) is 2. The molecule has 0 radical (unpaired) electrons. The van der Waals surface area contributed by atoms with Gasteiger partial charge in [0.2, 0.25) is 0 Å². The molecule has 0 aliphatic carbocycles. The van der Waals surface area contributed by atoms with Gasteiger partial charge in [-0.25, -0.2) is 4.79 Å². The molecular weight excluding hydrogens is 212 g/mol. The fourth-order valence-corrected chi connectivity index (χ4v) is 1.18. The van der Waals surface area contributed by atoms with Gasteiger partial charge in [0, 0.05) is 0 Å². The van der Waals surface area contributed by atoms with Gasteiger partial charge in [-0.3, -0.25) is 4.79 Å². The number of carbonyl (C=O) groups is 2. The first-order chi connectivity index (χ1) is 7.69. The van der Waals surface area contributed by atoms with Crippen LogP contribution in [0.15, 0.2) is 6.20 Å². The lowest BCUT2D eigenvalue weighted by Crippen LogP contribution is -2.35. The maximum atomic E-state index is 11.4. The predicted octanol–water partition coefficient (Wildman–Crippen LogP) is -0.0649. The second-order valence-corrected chi connectivity index (χ2v) is 3.05. The third kappa shape index (κ3) is 3.04. The number of hydrogen-bond donors (Lipinski definition) is 2. The topological polar surface area (TPSA) is 97.0 Å². The Morgan fingerprint density at radius 3 is 2.81 bits per heavy atom. The van der Waals surface area contributed by atoms with Crippen molar-refractivity contribution in [2.24, 2.45) is 0 Å². The summed E-state index contributed by atoms with van der Waals surface area (Å²) in [7, 11) is 0. The number of rotatable bonds is 4. The van der Waals surface area contributed by atoms with E-state index in [0.29, 0.717) is 12.1 Å². The number of hydrogen-bond acceptors (Lipinski definition) is 5. The SMILES string of the molecule is CCOC(=O)C(=O)NC(CC)c1cn[nH]n1. The molecule has 1 rings (SSSR count). The van der Waals surface area contributed by atoms with E-state index in [1.807, 2.05) is 6.92 Å². The average Bonchev–Trinajstić information content (AvgIpc) is 2.79. The number of aromatic amines is 1. The van der Waals surface area contributed by atoms with Crippen molar-refractivity contribution in [2.45, 2.75) is 26.3 Å². The van der Waals surface area contributed by atoms with Crippen LogP contribution in [0, 0.1) is 0 Å². The Labute approximate surface area is 92.6 Å². The number of aromatic nitrogens is 3. The Kier molecular flexibility index (Phi) is 4.43. The number of nitrogens with zero attached hydrogens (tertiary/aromatic N) is 2. The fraction of sp³-hybridized carbons (Fsp3) is 0.556. The Morgan fingerprint density at radius 1 is 1.56 bits per heavy atom. The second-order valence-electron chi connectivity index (χ2n) is 3.05. The van der Waals surface area contributed by atoms with E-state index < -0.39 is 11.9 Å². The zero-order valence-electron chi connectivity index (χ0n) is 9.19. The molecule has 1 aromatic rings. The quantitative estimate of drug-likeness (QED) is 0.553. The molecule has 0 aromatic carbocycles. The van der Waals surface area contributed by atoms with Gasteiger partial charge in [-0.15, -0.1) is 0 Å². The van der Waals surface area contributed by atoms with Crippen LogP contribution in [0.4, 0.5) is 0 Å². The highest BCUT2D eigenvalue weighted by Gasteiger charge is 2.20. The van der Waals surface area contributed by atoms with Crippen molar-refractivity contribution in [1.29, 1.82) is 0 Å². The van der Waals surface area contributed by atoms with Gasteiger partial charge in [0.25, 0.3) is 0 Å². The van der Waals surface area contributed by atoms with Crippen LogP contribution in [-0.2, 0) is 14.3 Å². The van der Waals surface area contributed by atoms with E-state index in [1.54, 1.807) is 6.92 Å². The molecule has 0 spiro atoms. The first-order valence-corrected chi connectivity index (χ1v) is 5.02. The summed E-state index contributed by atoms with van der Waals surface area (Å²) in [5, 5.41) is 12.4. The zero-order valence-corrected chi connectivity index (χ0v) is 9.19. The minimum atomic E-state index is -0.885. The molecule has 1 amide bonds. The first-order valence-electron chi connectivity index (χ1n) is 5.02. The number of H-pyrrole nitrogens is 1. The molecule has 0 aliphatic heterocycles. The molecule has 0 bridgehead atoms. The van der Waals surface area contributed by atoms with Gasteiger partial charge in [-0.1, -0.05) is 6.92 Å². The van der Waals surface area contributed by atoms with E-state index in [1.165, 1.54) is 6.20 Å². The molecule has 0 aliphatic rings. The zero-order chi connectivity index (χ0) is 12.0. The Hall–Kier alpha value is -1.92. The van der Waals surface area contributed by atoms with Gasteiger partial charge in [0.1, 0.15) is 5.69 Å². The monoisotopic (exact) mass is 226 g/mol. The van der Waals surface area contributed by atoms with Crippen LogP contribution in [0.3, 0.4) is 0 Å².